The summed E-state index contributed by atoms with van der Waals surface area (Å²) in [5.74, 6) is 0.869. The second-order valence-corrected chi connectivity index (χ2v) is 7.00. The van der Waals surface area contributed by atoms with Crippen molar-refractivity contribution < 1.29 is 0 Å². The second kappa shape index (κ2) is 5.75. The first-order chi connectivity index (χ1) is 10.1. The molecule has 2 aliphatic heterocycles. The Balaban J connectivity index is 1.77. The lowest BCUT2D eigenvalue weighted by Gasteiger charge is -2.33. The van der Waals surface area contributed by atoms with E-state index in [1.807, 2.05) is 0 Å². The van der Waals surface area contributed by atoms with Gasteiger partial charge in [0.1, 0.15) is 0 Å². The average molecular weight is 284 g/mol. The normalized spacial score (nSPS) is 19.2. The monoisotopic (exact) mass is 284 g/mol. The Hall–Kier alpha value is -1.44. The predicted molar refractivity (Wildman–Crippen MR) is 91.6 cm³/mol. The number of nitrogens with zero attached hydrogens (tertiary/aromatic N) is 2. The highest BCUT2D eigenvalue weighted by Crippen LogP contribution is 2.33. The molecule has 114 valence electrons. The molecule has 3 rings (SSSR count). The Morgan fingerprint density at radius 1 is 1.19 bits per heavy atom. The van der Waals surface area contributed by atoms with E-state index in [2.05, 4.69) is 55.3 Å². The molecule has 0 bridgehead atoms. The number of piperidine rings is 1. The minimum absolute atomic E-state index is 0.587. The molecular weight excluding hydrogens is 256 g/mol. The van der Waals surface area contributed by atoms with E-state index >= 15 is 0 Å². The third-order valence-corrected chi connectivity index (χ3v) is 5.13. The molecule has 0 unspecified atom stereocenters. The second-order valence-electron chi connectivity index (χ2n) is 7.00. The summed E-state index contributed by atoms with van der Waals surface area (Å²) < 4.78 is 0. The van der Waals surface area contributed by atoms with Gasteiger partial charge in [0.05, 0.1) is 0 Å². The summed E-state index contributed by atoms with van der Waals surface area (Å²) in [5.41, 5.74) is 5.45. The summed E-state index contributed by atoms with van der Waals surface area (Å²) in [7, 11) is 0. The van der Waals surface area contributed by atoms with Crippen molar-refractivity contribution in [1.82, 2.24) is 4.90 Å². The summed E-state index contributed by atoms with van der Waals surface area (Å²) in [5, 5.41) is 0. The van der Waals surface area contributed by atoms with Crippen molar-refractivity contribution in [2.45, 2.75) is 46.1 Å². The number of fused-ring (bicyclic) bond motifs is 1. The third-order valence-electron chi connectivity index (χ3n) is 5.13. The molecule has 1 aromatic carbocycles. The van der Waals surface area contributed by atoms with E-state index in [1.54, 1.807) is 0 Å². The molecule has 0 atom stereocenters. The van der Waals surface area contributed by atoms with Crippen LogP contribution in [-0.2, 0) is 6.42 Å². The number of rotatable bonds is 3. The van der Waals surface area contributed by atoms with Crippen molar-refractivity contribution in [3.63, 3.8) is 0 Å². The molecule has 0 amide bonds. The molecule has 21 heavy (non-hydrogen) atoms. The fourth-order valence-electron chi connectivity index (χ4n) is 3.60. The molecule has 2 aliphatic rings. The predicted octanol–water partition coefficient (Wildman–Crippen LogP) is 4.16. The van der Waals surface area contributed by atoms with Gasteiger partial charge in [0, 0.05) is 37.1 Å². The number of anilines is 1. The van der Waals surface area contributed by atoms with Crippen LogP contribution in [0.2, 0.25) is 0 Å². The lowest BCUT2D eigenvalue weighted by molar-refractivity contribution is 0.268. The highest BCUT2D eigenvalue weighted by atomic mass is 15.2. The zero-order valence-electron chi connectivity index (χ0n) is 13.7. The summed E-state index contributed by atoms with van der Waals surface area (Å²) in [6.45, 7) is 14.8. The van der Waals surface area contributed by atoms with Crippen molar-refractivity contribution in [3.8, 4) is 0 Å². The molecule has 0 radical (unpaired) electrons. The highest BCUT2D eigenvalue weighted by Gasteiger charge is 2.23. The van der Waals surface area contributed by atoms with Crippen molar-refractivity contribution >= 4 is 11.4 Å². The van der Waals surface area contributed by atoms with Crippen LogP contribution in [0.5, 0.6) is 0 Å². The highest BCUT2D eigenvalue weighted by molar-refractivity contribution is 5.69. The summed E-state index contributed by atoms with van der Waals surface area (Å²) in [4.78, 5) is 4.97. The van der Waals surface area contributed by atoms with Crippen molar-refractivity contribution in [2.75, 3.05) is 24.5 Å². The molecule has 1 aromatic rings. The van der Waals surface area contributed by atoms with E-state index < -0.39 is 0 Å². The first-order valence-corrected chi connectivity index (χ1v) is 8.40. The zero-order chi connectivity index (χ0) is 15.0. The minimum Gasteiger partial charge on any atom is -0.372 e. The van der Waals surface area contributed by atoms with Gasteiger partial charge in [-0.05, 0) is 62.3 Å². The summed E-state index contributed by atoms with van der Waals surface area (Å²) in [6.07, 6.45) is 3.77. The topological polar surface area (TPSA) is 6.48 Å². The maximum Gasteiger partial charge on any atom is 0.0402 e. The number of hydrogen-bond acceptors (Lipinski definition) is 2. The third kappa shape index (κ3) is 2.81. The molecule has 0 spiro atoms. The van der Waals surface area contributed by atoms with E-state index in [9.17, 15) is 0 Å². The number of hydrogen-bond donors (Lipinski definition) is 0. The van der Waals surface area contributed by atoms with E-state index in [-0.39, 0.29) is 0 Å². The van der Waals surface area contributed by atoms with Crippen LogP contribution in [0, 0.1) is 5.92 Å². The van der Waals surface area contributed by atoms with Gasteiger partial charge in [-0.3, -0.25) is 0 Å². The van der Waals surface area contributed by atoms with Crippen LogP contribution in [0.15, 0.2) is 24.8 Å². The molecule has 2 heteroatoms. The largest absolute Gasteiger partial charge is 0.372 e. The molecule has 1 saturated heterocycles. The Bertz CT molecular complexity index is 524. The standard InChI is InChI=1S/C19H28N2/c1-14(2)21-12-9-18-13-17(5-6-19(18)21)16(4)20-10-7-15(3)8-11-20/h5-6,13-15H,4,7-12H2,1-3H3. The van der Waals surface area contributed by atoms with Crippen molar-refractivity contribution in [1.29, 1.82) is 0 Å². The molecule has 0 saturated carbocycles. The molecule has 0 aliphatic carbocycles. The Morgan fingerprint density at radius 2 is 1.90 bits per heavy atom. The maximum atomic E-state index is 4.37. The van der Waals surface area contributed by atoms with Gasteiger partial charge >= 0.3 is 0 Å². The van der Waals surface area contributed by atoms with Crippen LogP contribution in [0.1, 0.15) is 44.7 Å². The summed E-state index contributed by atoms with van der Waals surface area (Å²) in [6, 6.07) is 7.52. The smallest absolute Gasteiger partial charge is 0.0402 e. The van der Waals surface area contributed by atoms with E-state index in [0.29, 0.717) is 6.04 Å². The molecule has 0 aromatic heterocycles. The van der Waals surface area contributed by atoms with Crippen LogP contribution in [0.3, 0.4) is 0 Å². The Morgan fingerprint density at radius 3 is 2.57 bits per heavy atom. The van der Waals surface area contributed by atoms with E-state index in [1.165, 1.54) is 41.8 Å². The first-order valence-electron chi connectivity index (χ1n) is 8.40. The molecular formula is C19H28N2. The van der Waals surface area contributed by atoms with Gasteiger partial charge in [0.25, 0.3) is 0 Å². The Kier molecular flexibility index (Phi) is 3.97. The van der Waals surface area contributed by atoms with Crippen LogP contribution < -0.4 is 4.90 Å². The zero-order valence-corrected chi connectivity index (χ0v) is 13.7. The van der Waals surface area contributed by atoms with Gasteiger partial charge in [0.15, 0.2) is 0 Å². The SMILES string of the molecule is C=C(c1ccc2c(c1)CCN2C(C)C)N1CCC(C)CC1. The van der Waals surface area contributed by atoms with Crippen LogP contribution >= 0.6 is 0 Å². The average Bonchev–Trinajstić information content (AvgIpc) is 2.90. The maximum absolute atomic E-state index is 4.37. The number of benzene rings is 1. The number of likely N-dealkylation sites (tertiary alicyclic amines) is 1. The van der Waals surface area contributed by atoms with Gasteiger partial charge in [-0.1, -0.05) is 19.6 Å². The minimum atomic E-state index is 0.587. The van der Waals surface area contributed by atoms with Gasteiger partial charge in [-0.25, -0.2) is 0 Å². The lowest BCUT2D eigenvalue weighted by Crippen LogP contribution is -2.31. The van der Waals surface area contributed by atoms with E-state index in [0.717, 1.165) is 25.6 Å². The molecule has 2 heterocycles. The molecule has 2 nitrogen and oxygen atoms in total. The van der Waals surface area contributed by atoms with Gasteiger partial charge in [-0.2, -0.15) is 0 Å². The van der Waals surface area contributed by atoms with E-state index in [4.69, 9.17) is 0 Å². The van der Waals surface area contributed by atoms with Gasteiger partial charge < -0.3 is 9.80 Å². The lowest BCUT2D eigenvalue weighted by atomic mass is 9.97. The van der Waals surface area contributed by atoms with Crippen molar-refractivity contribution in [2.24, 2.45) is 5.92 Å². The van der Waals surface area contributed by atoms with Crippen molar-refractivity contribution in [3.05, 3.63) is 35.9 Å². The fourth-order valence-corrected chi connectivity index (χ4v) is 3.60. The van der Waals surface area contributed by atoms with Crippen LogP contribution in [-0.4, -0.2) is 30.6 Å². The van der Waals surface area contributed by atoms with Crippen LogP contribution in [0.25, 0.3) is 5.70 Å². The quantitative estimate of drug-likeness (QED) is 0.822. The Labute approximate surface area is 129 Å². The van der Waals surface area contributed by atoms with Gasteiger partial charge in [-0.15, -0.1) is 0 Å². The summed E-state index contributed by atoms with van der Waals surface area (Å²) >= 11 is 0. The molecule has 1 fully saturated rings. The van der Waals surface area contributed by atoms with Gasteiger partial charge in [0.2, 0.25) is 0 Å². The fraction of sp³-hybridized carbons (Fsp3) is 0.579. The van der Waals surface area contributed by atoms with Crippen LogP contribution in [0.4, 0.5) is 5.69 Å². The first kappa shape index (κ1) is 14.5. The molecule has 0 N–H and O–H groups in total.